The van der Waals surface area contributed by atoms with Gasteiger partial charge < -0.3 is 10.5 Å². The van der Waals surface area contributed by atoms with Crippen LogP contribution in [-0.2, 0) is 9.53 Å². The van der Waals surface area contributed by atoms with Crippen LogP contribution < -0.4 is 5.73 Å². The Morgan fingerprint density at radius 1 is 1.38 bits per heavy atom. The number of carbonyl (C=O) groups excluding carboxylic acids is 1. The molecule has 3 nitrogen and oxygen atoms in total. The van der Waals surface area contributed by atoms with E-state index in [0.717, 1.165) is 6.08 Å². The molecule has 0 aliphatic carbocycles. The SMILES string of the molecule is C=CC(=O)OC(C)(C)C(C)(C)N.Cl. The highest BCUT2D eigenvalue weighted by atomic mass is 35.5. The van der Waals surface area contributed by atoms with Crippen molar-refractivity contribution in [2.75, 3.05) is 0 Å². The minimum atomic E-state index is -0.682. The molecule has 0 saturated carbocycles. The highest BCUT2D eigenvalue weighted by molar-refractivity contribution is 5.85. The Morgan fingerprint density at radius 3 is 2.00 bits per heavy atom. The maximum Gasteiger partial charge on any atom is 0.330 e. The van der Waals surface area contributed by atoms with E-state index in [-0.39, 0.29) is 12.4 Å². The van der Waals surface area contributed by atoms with Gasteiger partial charge in [-0.3, -0.25) is 0 Å². The van der Waals surface area contributed by atoms with E-state index >= 15 is 0 Å². The van der Waals surface area contributed by atoms with Gasteiger partial charge >= 0.3 is 5.97 Å². The van der Waals surface area contributed by atoms with Crippen LogP contribution in [0.15, 0.2) is 12.7 Å². The summed E-state index contributed by atoms with van der Waals surface area (Å²) in [5.74, 6) is -0.446. The van der Waals surface area contributed by atoms with Crippen molar-refractivity contribution in [2.24, 2.45) is 5.73 Å². The first kappa shape index (κ1) is 15.0. The Labute approximate surface area is 85.7 Å². The van der Waals surface area contributed by atoms with Gasteiger partial charge in [0.2, 0.25) is 0 Å². The number of esters is 1. The number of carbonyl (C=O) groups is 1. The fourth-order valence-electron chi connectivity index (χ4n) is 0.425. The molecule has 0 atom stereocenters. The van der Waals surface area contributed by atoms with Gasteiger partial charge in [0.1, 0.15) is 5.60 Å². The van der Waals surface area contributed by atoms with E-state index in [1.165, 1.54) is 0 Å². The molecule has 0 radical (unpaired) electrons. The first-order valence-corrected chi connectivity index (χ1v) is 3.85. The van der Waals surface area contributed by atoms with E-state index < -0.39 is 17.1 Å². The smallest absolute Gasteiger partial charge is 0.330 e. The number of ether oxygens (including phenoxy) is 1. The lowest BCUT2D eigenvalue weighted by Crippen LogP contribution is -2.54. The molecule has 0 rings (SSSR count). The van der Waals surface area contributed by atoms with Crippen molar-refractivity contribution in [3.8, 4) is 0 Å². The van der Waals surface area contributed by atoms with Crippen molar-refractivity contribution in [1.29, 1.82) is 0 Å². The molecule has 0 aromatic carbocycles. The monoisotopic (exact) mass is 207 g/mol. The summed E-state index contributed by atoms with van der Waals surface area (Å²) in [5, 5.41) is 0. The van der Waals surface area contributed by atoms with Gasteiger partial charge in [0.05, 0.1) is 0 Å². The third kappa shape index (κ3) is 4.29. The summed E-state index contributed by atoms with van der Waals surface area (Å²) in [6, 6.07) is 0. The molecule has 0 spiro atoms. The number of nitrogens with two attached hydrogens (primary N) is 1. The van der Waals surface area contributed by atoms with Crippen molar-refractivity contribution >= 4 is 18.4 Å². The van der Waals surface area contributed by atoms with Gasteiger partial charge in [-0.25, -0.2) is 4.79 Å². The molecule has 0 aliphatic rings. The molecule has 0 fully saturated rings. The molecule has 0 heterocycles. The van der Waals surface area contributed by atoms with Crippen LogP contribution in [0.25, 0.3) is 0 Å². The van der Waals surface area contributed by atoms with E-state index in [1.54, 1.807) is 13.8 Å². The second-order valence-electron chi connectivity index (χ2n) is 3.86. The van der Waals surface area contributed by atoms with Crippen LogP contribution in [0.5, 0.6) is 0 Å². The van der Waals surface area contributed by atoms with Gasteiger partial charge in [0, 0.05) is 11.6 Å². The number of halogens is 1. The Hall–Kier alpha value is -0.540. The molecule has 4 heteroatoms. The molecule has 0 saturated heterocycles. The number of rotatable bonds is 3. The molecule has 0 aromatic heterocycles. The average Bonchev–Trinajstić information content (AvgIpc) is 1.84. The Kier molecular flexibility index (Phi) is 5.32. The largest absolute Gasteiger partial charge is 0.455 e. The van der Waals surface area contributed by atoms with E-state index in [1.807, 2.05) is 13.8 Å². The molecule has 13 heavy (non-hydrogen) atoms. The summed E-state index contributed by atoms with van der Waals surface area (Å²) in [6.07, 6.45) is 1.13. The zero-order chi connectivity index (χ0) is 9.99. The lowest BCUT2D eigenvalue weighted by molar-refractivity contribution is -0.155. The van der Waals surface area contributed by atoms with Crippen LogP contribution in [0.4, 0.5) is 0 Å². The standard InChI is InChI=1S/C9H17NO2.ClH/c1-6-7(11)12-9(4,5)8(2,3)10;/h6H,1,10H2,2-5H3;1H. The maximum atomic E-state index is 10.9. The molecule has 0 aromatic rings. The molecular weight excluding hydrogens is 190 g/mol. The van der Waals surface area contributed by atoms with Crippen LogP contribution in [0.2, 0.25) is 0 Å². The Balaban J connectivity index is 0. The summed E-state index contributed by atoms with van der Waals surface area (Å²) in [4.78, 5) is 10.9. The maximum absolute atomic E-state index is 10.9. The van der Waals surface area contributed by atoms with Gasteiger partial charge in [-0.05, 0) is 27.7 Å². The summed E-state index contributed by atoms with van der Waals surface area (Å²) >= 11 is 0. The van der Waals surface area contributed by atoms with E-state index in [0.29, 0.717) is 0 Å². The molecule has 0 aliphatic heterocycles. The third-order valence-corrected chi connectivity index (χ3v) is 2.07. The van der Waals surface area contributed by atoms with Crippen LogP contribution in [0, 0.1) is 0 Å². The highest BCUT2D eigenvalue weighted by Gasteiger charge is 2.36. The molecular formula is C9H18ClNO2. The minimum absolute atomic E-state index is 0. The first-order chi connectivity index (χ1) is 5.20. The number of hydrogen-bond acceptors (Lipinski definition) is 3. The second-order valence-corrected chi connectivity index (χ2v) is 3.86. The van der Waals surface area contributed by atoms with Crippen molar-refractivity contribution in [3.05, 3.63) is 12.7 Å². The molecule has 78 valence electrons. The van der Waals surface area contributed by atoms with E-state index in [2.05, 4.69) is 6.58 Å². The van der Waals surface area contributed by atoms with Crippen molar-refractivity contribution in [2.45, 2.75) is 38.8 Å². The van der Waals surface area contributed by atoms with Crippen molar-refractivity contribution < 1.29 is 9.53 Å². The fraction of sp³-hybridized carbons (Fsp3) is 0.667. The van der Waals surface area contributed by atoms with Gasteiger partial charge in [-0.2, -0.15) is 0 Å². The average molecular weight is 208 g/mol. The Bertz CT molecular complexity index is 194. The quantitative estimate of drug-likeness (QED) is 0.566. The molecule has 0 bridgehead atoms. The molecule has 2 N–H and O–H groups in total. The van der Waals surface area contributed by atoms with Gasteiger partial charge in [-0.15, -0.1) is 12.4 Å². The van der Waals surface area contributed by atoms with Crippen LogP contribution in [-0.4, -0.2) is 17.1 Å². The van der Waals surface area contributed by atoms with Crippen LogP contribution in [0.1, 0.15) is 27.7 Å². The summed E-state index contributed by atoms with van der Waals surface area (Å²) in [5.41, 5.74) is 4.56. The fourth-order valence-corrected chi connectivity index (χ4v) is 0.425. The Morgan fingerprint density at radius 2 is 1.77 bits per heavy atom. The predicted molar refractivity (Wildman–Crippen MR) is 55.9 cm³/mol. The van der Waals surface area contributed by atoms with E-state index in [4.69, 9.17) is 10.5 Å². The summed E-state index contributed by atoms with van der Waals surface area (Å²) < 4.78 is 5.07. The summed E-state index contributed by atoms with van der Waals surface area (Å²) in [7, 11) is 0. The topological polar surface area (TPSA) is 52.3 Å². The van der Waals surface area contributed by atoms with Gasteiger partial charge in [0.15, 0.2) is 0 Å². The van der Waals surface area contributed by atoms with E-state index in [9.17, 15) is 4.79 Å². The molecule has 0 amide bonds. The zero-order valence-electron chi connectivity index (χ0n) is 8.59. The summed E-state index contributed by atoms with van der Waals surface area (Å²) in [6.45, 7) is 10.5. The first-order valence-electron chi connectivity index (χ1n) is 3.85. The second kappa shape index (κ2) is 4.63. The predicted octanol–water partition coefficient (Wildman–Crippen LogP) is 1.65. The van der Waals surface area contributed by atoms with Crippen molar-refractivity contribution in [1.82, 2.24) is 0 Å². The van der Waals surface area contributed by atoms with Crippen molar-refractivity contribution in [3.63, 3.8) is 0 Å². The third-order valence-electron chi connectivity index (χ3n) is 2.07. The van der Waals surface area contributed by atoms with Crippen LogP contribution >= 0.6 is 12.4 Å². The zero-order valence-corrected chi connectivity index (χ0v) is 9.40. The highest BCUT2D eigenvalue weighted by Crippen LogP contribution is 2.22. The number of hydrogen-bond donors (Lipinski definition) is 1. The minimum Gasteiger partial charge on any atom is -0.455 e. The lowest BCUT2D eigenvalue weighted by Gasteiger charge is -2.37. The van der Waals surface area contributed by atoms with Gasteiger partial charge in [0.25, 0.3) is 0 Å². The van der Waals surface area contributed by atoms with Crippen LogP contribution in [0.3, 0.4) is 0 Å². The van der Waals surface area contributed by atoms with Gasteiger partial charge in [-0.1, -0.05) is 6.58 Å². The molecule has 0 unspecified atom stereocenters. The normalized spacial score (nSPS) is 11.5. The lowest BCUT2D eigenvalue weighted by atomic mass is 9.87.